The van der Waals surface area contributed by atoms with Crippen molar-refractivity contribution in [2.24, 2.45) is 0 Å². The van der Waals surface area contributed by atoms with E-state index in [4.69, 9.17) is 0 Å². The lowest BCUT2D eigenvalue weighted by atomic mass is 10.1. The van der Waals surface area contributed by atoms with Crippen LogP contribution in [-0.4, -0.2) is 19.3 Å². The Balaban J connectivity index is 2.04. The molecule has 0 aliphatic heterocycles. The first kappa shape index (κ1) is 15.4. The molecule has 0 radical (unpaired) electrons. The van der Waals surface area contributed by atoms with E-state index in [2.05, 4.69) is 47.5 Å². The number of methoxy groups -OCH3 is 1. The fraction of sp³-hybridized carbons (Fsp3) is 0.235. The predicted molar refractivity (Wildman–Crippen MR) is 88.0 cm³/mol. The first-order chi connectivity index (χ1) is 10.1. The van der Waals surface area contributed by atoms with Gasteiger partial charge in [-0.15, -0.1) is 11.8 Å². The second-order valence-corrected chi connectivity index (χ2v) is 5.59. The van der Waals surface area contributed by atoms with Gasteiger partial charge in [0.15, 0.2) is 0 Å². The normalized spacial score (nSPS) is 11.8. The number of ether oxygens (including phenoxy) is 1. The third kappa shape index (κ3) is 4.02. The summed E-state index contributed by atoms with van der Waals surface area (Å²) in [6.07, 6.45) is 2.07. The SMILES string of the molecule is COC(=O)c1ccc(NC(C)c2ccc(SC)cc2)cc1. The lowest BCUT2D eigenvalue weighted by molar-refractivity contribution is 0.0601. The average Bonchev–Trinajstić information content (AvgIpc) is 2.55. The summed E-state index contributed by atoms with van der Waals surface area (Å²) in [6, 6.07) is 16.0. The minimum Gasteiger partial charge on any atom is -0.465 e. The molecule has 0 aliphatic carbocycles. The summed E-state index contributed by atoms with van der Waals surface area (Å²) in [5.41, 5.74) is 2.76. The third-order valence-corrected chi connectivity index (χ3v) is 4.05. The first-order valence-corrected chi connectivity index (χ1v) is 7.95. The molecule has 2 aromatic carbocycles. The van der Waals surface area contributed by atoms with Crippen LogP contribution in [0.25, 0.3) is 0 Å². The van der Waals surface area contributed by atoms with Gasteiger partial charge in [0.25, 0.3) is 0 Å². The number of carbonyl (C=O) groups is 1. The number of anilines is 1. The lowest BCUT2D eigenvalue weighted by Gasteiger charge is -2.16. The Hall–Kier alpha value is -1.94. The predicted octanol–water partition coefficient (Wildman–Crippen LogP) is 4.37. The Bertz CT molecular complexity index is 593. The summed E-state index contributed by atoms with van der Waals surface area (Å²) in [5.74, 6) is -0.317. The van der Waals surface area contributed by atoms with Gasteiger partial charge in [-0.1, -0.05) is 12.1 Å². The van der Waals surface area contributed by atoms with Crippen molar-refractivity contribution in [3.63, 3.8) is 0 Å². The fourth-order valence-electron chi connectivity index (χ4n) is 2.05. The van der Waals surface area contributed by atoms with Crippen molar-refractivity contribution in [3.8, 4) is 0 Å². The zero-order valence-corrected chi connectivity index (χ0v) is 13.2. The molecule has 0 spiro atoms. The zero-order chi connectivity index (χ0) is 15.2. The van der Waals surface area contributed by atoms with Gasteiger partial charge >= 0.3 is 5.97 Å². The van der Waals surface area contributed by atoms with Gasteiger partial charge in [0.2, 0.25) is 0 Å². The smallest absolute Gasteiger partial charge is 0.337 e. The van der Waals surface area contributed by atoms with Crippen LogP contribution in [0.15, 0.2) is 53.4 Å². The topological polar surface area (TPSA) is 38.3 Å². The van der Waals surface area contributed by atoms with Crippen molar-refractivity contribution in [2.45, 2.75) is 17.9 Å². The highest BCUT2D eigenvalue weighted by molar-refractivity contribution is 7.98. The van der Waals surface area contributed by atoms with E-state index in [-0.39, 0.29) is 12.0 Å². The van der Waals surface area contributed by atoms with Crippen LogP contribution in [0.1, 0.15) is 28.9 Å². The largest absolute Gasteiger partial charge is 0.465 e. The molecule has 0 aromatic heterocycles. The summed E-state index contributed by atoms with van der Waals surface area (Å²) in [6.45, 7) is 2.11. The van der Waals surface area contributed by atoms with Gasteiger partial charge < -0.3 is 10.1 Å². The Labute approximate surface area is 129 Å². The highest BCUT2D eigenvalue weighted by Crippen LogP contribution is 2.22. The monoisotopic (exact) mass is 301 g/mol. The maximum absolute atomic E-state index is 11.4. The minimum atomic E-state index is -0.317. The van der Waals surface area contributed by atoms with Crippen molar-refractivity contribution in [1.29, 1.82) is 0 Å². The molecule has 0 bridgehead atoms. The van der Waals surface area contributed by atoms with Gasteiger partial charge in [0.05, 0.1) is 12.7 Å². The number of thioether (sulfide) groups is 1. The summed E-state index contributed by atoms with van der Waals surface area (Å²) >= 11 is 1.74. The van der Waals surface area contributed by atoms with Crippen molar-refractivity contribution in [1.82, 2.24) is 0 Å². The lowest BCUT2D eigenvalue weighted by Crippen LogP contribution is -2.07. The molecule has 0 amide bonds. The highest BCUT2D eigenvalue weighted by Gasteiger charge is 2.07. The van der Waals surface area contributed by atoms with E-state index in [1.54, 1.807) is 23.9 Å². The summed E-state index contributed by atoms with van der Waals surface area (Å²) in [7, 11) is 1.38. The van der Waals surface area contributed by atoms with E-state index in [1.165, 1.54) is 17.6 Å². The van der Waals surface area contributed by atoms with Gasteiger partial charge in [-0.05, 0) is 55.1 Å². The van der Waals surface area contributed by atoms with E-state index < -0.39 is 0 Å². The highest BCUT2D eigenvalue weighted by atomic mass is 32.2. The molecule has 110 valence electrons. The van der Waals surface area contributed by atoms with Crippen LogP contribution in [0.5, 0.6) is 0 Å². The van der Waals surface area contributed by atoms with Gasteiger partial charge in [-0.25, -0.2) is 4.79 Å². The zero-order valence-electron chi connectivity index (χ0n) is 12.4. The molecule has 0 heterocycles. The Kier molecular flexibility index (Phi) is 5.28. The quantitative estimate of drug-likeness (QED) is 0.657. The summed E-state index contributed by atoms with van der Waals surface area (Å²) < 4.78 is 4.69. The number of esters is 1. The Morgan fingerprint density at radius 3 is 2.24 bits per heavy atom. The fourth-order valence-corrected chi connectivity index (χ4v) is 2.45. The molecule has 0 saturated heterocycles. The summed E-state index contributed by atoms with van der Waals surface area (Å²) in [4.78, 5) is 12.6. The van der Waals surface area contributed by atoms with Crippen molar-refractivity contribution >= 4 is 23.4 Å². The second-order valence-electron chi connectivity index (χ2n) is 4.71. The Morgan fingerprint density at radius 2 is 1.71 bits per heavy atom. The van der Waals surface area contributed by atoms with Crippen LogP contribution in [0.2, 0.25) is 0 Å². The van der Waals surface area contributed by atoms with Crippen LogP contribution in [0.3, 0.4) is 0 Å². The molecule has 0 fully saturated rings. The van der Waals surface area contributed by atoms with E-state index in [0.717, 1.165) is 5.69 Å². The van der Waals surface area contributed by atoms with Crippen LogP contribution in [-0.2, 0) is 4.74 Å². The first-order valence-electron chi connectivity index (χ1n) is 6.73. The molecule has 1 atom stereocenters. The summed E-state index contributed by atoms with van der Waals surface area (Å²) in [5, 5.41) is 3.42. The van der Waals surface area contributed by atoms with Crippen LogP contribution < -0.4 is 5.32 Å². The van der Waals surface area contributed by atoms with Crippen LogP contribution >= 0.6 is 11.8 Å². The van der Waals surface area contributed by atoms with Crippen LogP contribution in [0.4, 0.5) is 5.69 Å². The van der Waals surface area contributed by atoms with E-state index in [0.29, 0.717) is 5.56 Å². The van der Waals surface area contributed by atoms with E-state index in [1.807, 2.05) is 12.1 Å². The van der Waals surface area contributed by atoms with Crippen LogP contribution in [0, 0.1) is 0 Å². The van der Waals surface area contributed by atoms with Crippen molar-refractivity contribution in [3.05, 3.63) is 59.7 Å². The molecule has 4 heteroatoms. The van der Waals surface area contributed by atoms with Crippen molar-refractivity contribution in [2.75, 3.05) is 18.7 Å². The second kappa shape index (κ2) is 7.18. The molecule has 21 heavy (non-hydrogen) atoms. The molecular formula is C17H19NO2S. The maximum atomic E-state index is 11.4. The van der Waals surface area contributed by atoms with Gasteiger partial charge in [-0.2, -0.15) is 0 Å². The van der Waals surface area contributed by atoms with Crippen molar-refractivity contribution < 1.29 is 9.53 Å². The molecule has 0 saturated carbocycles. The molecule has 1 N–H and O–H groups in total. The molecule has 2 rings (SSSR count). The number of benzene rings is 2. The molecular weight excluding hydrogens is 282 g/mol. The molecule has 0 aliphatic rings. The minimum absolute atomic E-state index is 0.199. The maximum Gasteiger partial charge on any atom is 0.337 e. The molecule has 2 aromatic rings. The van der Waals surface area contributed by atoms with E-state index in [9.17, 15) is 4.79 Å². The molecule has 3 nitrogen and oxygen atoms in total. The van der Waals surface area contributed by atoms with Gasteiger partial charge in [0, 0.05) is 16.6 Å². The van der Waals surface area contributed by atoms with Gasteiger partial charge in [-0.3, -0.25) is 0 Å². The van der Waals surface area contributed by atoms with E-state index >= 15 is 0 Å². The number of hydrogen-bond donors (Lipinski definition) is 1. The average molecular weight is 301 g/mol. The number of nitrogens with one attached hydrogen (secondary N) is 1. The standard InChI is InChI=1S/C17H19NO2S/c1-12(13-6-10-16(21-3)11-7-13)18-15-8-4-14(5-9-15)17(19)20-2/h4-12,18H,1-3H3. The number of carbonyl (C=O) groups excluding carboxylic acids is 1. The number of hydrogen-bond acceptors (Lipinski definition) is 4. The Morgan fingerprint density at radius 1 is 1.10 bits per heavy atom. The van der Waals surface area contributed by atoms with Gasteiger partial charge in [0.1, 0.15) is 0 Å². The number of rotatable bonds is 5. The molecule has 1 unspecified atom stereocenters. The third-order valence-electron chi connectivity index (χ3n) is 3.30.